The highest BCUT2D eigenvalue weighted by Gasteiger charge is 2.24. The number of benzene rings is 1. The number of pyridine rings is 1. The van der Waals surface area contributed by atoms with Crippen LogP contribution in [0.3, 0.4) is 0 Å². The van der Waals surface area contributed by atoms with Crippen molar-refractivity contribution >= 4 is 22.7 Å². The van der Waals surface area contributed by atoms with E-state index in [-0.39, 0.29) is 18.1 Å². The highest BCUT2D eigenvalue weighted by molar-refractivity contribution is 5.93. The quantitative estimate of drug-likeness (QED) is 0.300. The number of unbranched alkanes of at least 4 members (excludes halogenated alkanes) is 2. The minimum Gasteiger partial charge on any atom is -0.394 e. The van der Waals surface area contributed by atoms with Crippen molar-refractivity contribution in [3.05, 3.63) is 46.4 Å². The van der Waals surface area contributed by atoms with E-state index >= 15 is 0 Å². The van der Waals surface area contributed by atoms with Gasteiger partial charge in [-0.15, -0.1) is 0 Å². The molecule has 3 rings (SSSR count). The fourth-order valence-corrected chi connectivity index (χ4v) is 4.06. The molecule has 1 atom stereocenters. The van der Waals surface area contributed by atoms with Gasteiger partial charge in [-0.25, -0.2) is 4.98 Å². The molecule has 0 amide bonds. The van der Waals surface area contributed by atoms with E-state index in [2.05, 4.69) is 34.4 Å². The number of aryl methyl sites for hydroxylation is 1. The van der Waals surface area contributed by atoms with E-state index in [4.69, 9.17) is 5.73 Å². The van der Waals surface area contributed by atoms with E-state index in [0.717, 1.165) is 60.7 Å². The van der Waals surface area contributed by atoms with Crippen LogP contribution in [-0.4, -0.2) is 38.3 Å². The molecule has 0 saturated carbocycles. The SMILES string of the molecule is CCCCNCc1cn(C)c(=O)cc1-c1ccc2c(N[C@@](C)(CO)CCCC)nc(N)nc2c1. The third-order valence-corrected chi connectivity index (χ3v) is 6.21. The second-order valence-corrected chi connectivity index (χ2v) is 9.30. The topological polar surface area (TPSA) is 118 Å². The van der Waals surface area contributed by atoms with Crippen LogP contribution in [0.5, 0.6) is 0 Å². The molecule has 2 aromatic heterocycles. The van der Waals surface area contributed by atoms with Crippen LogP contribution >= 0.6 is 0 Å². The van der Waals surface area contributed by atoms with E-state index in [9.17, 15) is 9.90 Å². The Labute approximate surface area is 201 Å². The highest BCUT2D eigenvalue weighted by atomic mass is 16.3. The molecule has 0 bridgehead atoms. The number of aromatic nitrogens is 3. The highest BCUT2D eigenvalue weighted by Crippen LogP contribution is 2.31. The van der Waals surface area contributed by atoms with Gasteiger partial charge in [0.25, 0.3) is 5.56 Å². The van der Waals surface area contributed by atoms with E-state index in [0.29, 0.717) is 17.9 Å². The van der Waals surface area contributed by atoms with Crippen LogP contribution in [0.1, 0.15) is 58.4 Å². The van der Waals surface area contributed by atoms with Gasteiger partial charge in [0.15, 0.2) is 0 Å². The Morgan fingerprint density at radius 3 is 2.62 bits per heavy atom. The van der Waals surface area contributed by atoms with Gasteiger partial charge in [-0.05, 0) is 55.1 Å². The Morgan fingerprint density at radius 1 is 1.15 bits per heavy atom. The predicted octanol–water partition coefficient (Wildman–Crippen LogP) is 3.82. The summed E-state index contributed by atoms with van der Waals surface area (Å²) in [6.45, 7) is 7.86. The molecule has 8 nitrogen and oxygen atoms in total. The average Bonchev–Trinajstić information content (AvgIpc) is 2.82. The molecule has 0 radical (unpaired) electrons. The van der Waals surface area contributed by atoms with Crippen LogP contribution in [0.2, 0.25) is 0 Å². The molecule has 5 N–H and O–H groups in total. The van der Waals surface area contributed by atoms with Crippen molar-refractivity contribution in [1.29, 1.82) is 0 Å². The lowest BCUT2D eigenvalue weighted by molar-refractivity contribution is 0.212. The van der Waals surface area contributed by atoms with Crippen LogP contribution in [-0.2, 0) is 13.6 Å². The maximum atomic E-state index is 12.5. The first kappa shape index (κ1) is 25.6. The van der Waals surface area contributed by atoms with Crippen molar-refractivity contribution in [2.45, 2.75) is 65.0 Å². The summed E-state index contributed by atoms with van der Waals surface area (Å²) in [5, 5.41) is 17.7. The summed E-state index contributed by atoms with van der Waals surface area (Å²) in [6, 6.07) is 7.57. The normalized spacial score (nSPS) is 13.2. The molecule has 0 saturated heterocycles. The van der Waals surface area contributed by atoms with Crippen LogP contribution in [0.25, 0.3) is 22.0 Å². The van der Waals surface area contributed by atoms with Crippen molar-refractivity contribution in [1.82, 2.24) is 19.9 Å². The van der Waals surface area contributed by atoms with Crippen molar-refractivity contribution < 1.29 is 5.11 Å². The molecule has 3 aromatic rings. The molecule has 8 heteroatoms. The first-order chi connectivity index (χ1) is 16.3. The van der Waals surface area contributed by atoms with Gasteiger partial charge in [-0.1, -0.05) is 39.2 Å². The van der Waals surface area contributed by atoms with E-state index in [1.165, 1.54) is 0 Å². The van der Waals surface area contributed by atoms with Gasteiger partial charge < -0.3 is 26.0 Å². The van der Waals surface area contributed by atoms with Gasteiger partial charge in [0.1, 0.15) is 5.82 Å². The molecule has 0 spiro atoms. The van der Waals surface area contributed by atoms with E-state index < -0.39 is 5.54 Å². The molecule has 0 unspecified atom stereocenters. The predicted molar refractivity (Wildman–Crippen MR) is 140 cm³/mol. The Kier molecular flexibility index (Phi) is 8.63. The maximum Gasteiger partial charge on any atom is 0.250 e. The minimum absolute atomic E-state index is 0.0157. The largest absolute Gasteiger partial charge is 0.394 e. The number of fused-ring (bicyclic) bond motifs is 1. The number of rotatable bonds is 12. The summed E-state index contributed by atoms with van der Waals surface area (Å²) >= 11 is 0. The minimum atomic E-state index is -0.509. The van der Waals surface area contributed by atoms with Crippen LogP contribution in [0.15, 0.2) is 35.3 Å². The van der Waals surface area contributed by atoms with Crippen molar-refractivity contribution in [3.63, 3.8) is 0 Å². The monoisotopic (exact) mass is 466 g/mol. The number of aliphatic hydroxyl groups excluding tert-OH is 1. The number of hydrogen-bond acceptors (Lipinski definition) is 7. The fraction of sp³-hybridized carbons (Fsp3) is 0.500. The number of nitrogens with zero attached hydrogens (tertiary/aromatic N) is 3. The molecule has 2 heterocycles. The second-order valence-electron chi connectivity index (χ2n) is 9.30. The fourth-order valence-electron chi connectivity index (χ4n) is 4.06. The van der Waals surface area contributed by atoms with Gasteiger partial charge in [0, 0.05) is 31.2 Å². The number of aliphatic hydroxyl groups is 1. The number of hydrogen-bond donors (Lipinski definition) is 4. The third-order valence-electron chi connectivity index (χ3n) is 6.21. The standard InChI is InChI=1S/C26H38N6O2/c1-5-7-11-26(3,17-33)31-24-20-10-9-18(13-22(20)29-25(27)30-24)21-14-23(34)32(4)16-19(21)15-28-12-8-6-2/h9-10,13-14,16,28,33H,5-8,11-12,15,17H2,1-4H3,(H3,27,29,30,31)/t26-/m1/s1. The lowest BCUT2D eigenvalue weighted by Gasteiger charge is -2.30. The Balaban J connectivity index is 2.02. The summed E-state index contributed by atoms with van der Waals surface area (Å²) in [5.41, 5.74) is 9.00. The number of anilines is 2. The van der Waals surface area contributed by atoms with Crippen LogP contribution < -0.4 is 21.9 Å². The molecule has 0 fully saturated rings. The molecule has 0 aliphatic rings. The zero-order valence-corrected chi connectivity index (χ0v) is 20.8. The molecular weight excluding hydrogens is 428 g/mol. The van der Waals surface area contributed by atoms with Gasteiger partial charge in [-0.3, -0.25) is 4.79 Å². The first-order valence-electron chi connectivity index (χ1n) is 12.2. The molecule has 1 aromatic carbocycles. The van der Waals surface area contributed by atoms with Gasteiger partial charge in [-0.2, -0.15) is 4.98 Å². The summed E-state index contributed by atoms with van der Waals surface area (Å²) in [4.78, 5) is 21.3. The Morgan fingerprint density at radius 2 is 1.91 bits per heavy atom. The average molecular weight is 467 g/mol. The van der Waals surface area contributed by atoms with Crippen molar-refractivity contribution in [2.24, 2.45) is 7.05 Å². The van der Waals surface area contributed by atoms with Crippen molar-refractivity contribution in [2.75, 3.05) is 24.2 Å². The van der Waals surface area contributed by atoms with Gasteiger partial charge in [0.05, 0.1) is 17.7 Å². The molecule has 34 heavy (non-hydrogen) atoms. The molecule has 0 aliphatic heterocycles. The summed E-state index contributed by atoms with van der Waals surface area (Å²) in [6.07, 6.45) is 6.97. The summed E-state index contributed by atoms with van der Waals surface area (Å²) < 4.78 is 1.61. The third kappa shape index (κ3) is 6.12. The Hall–Kier alpha value is -2.97. The van der Waals surface area contributed by atoms with E-state index in [1.807, 2.05) is 31.3 Å². The van der Waals surface area contributed by atoms with Crippen LogP contribution in [0, 0.1) is 0 Å². The zero-order valence-electron chi connectivity index (χ0n) is 20.8. The van der Waals surface area contributed by atoms with Gasteiger partial charge in [0.2, 0.25) is 5.95 Å². The van der Waals surface area contributed by atoms with Crippen LogP contribution in [0.4, 0.5) is 11.8 Å². The number of nitrogens with one attached hydrogen (secondary N) is 2. The first-order valence-corrected chi connectivity index (χ1v) is 12.2. The summed E-state index contributed by atoms with van der Waals surface area (Å²) in [5.74, 6) is 0.764. The number of nitrogens with two attached hydrogens (primary N) is 1. The second kappa shape index (κ2) is 11.4. The molecule has 0 aliphatic carbocycles. The maximum absolute atomic E-state index is 12.5. The smallest absolute Gasteiger partial charge is 0.250 e. The lowest BCUT2D eigenvalue weighted by atomic mass is 9.95. The van der Waals surface area contributed by atoms with E-state index in [1.54, 1.807) is 17.7 Å². The summed E-state index contributed by atoms with van der Waals surface area (Å²) in [7, 11) is 1.77. The van der Waals surface area contributed by atoms with Gasteiger partial charge >= 0.3 is 0 Å². The lowest BCUT2D eigenvalue weighted by Crippen LogP contribution is -2.39. The Bertz CT molecular complexity index is 1180. The zero-order chi connectivity index (χ0) is 24.7. The molecule has 184 valence electrons. The molecular formula is C26H38N6O2. The number of nitrogen functional groups attached to an aromatic ring is 1. The van der Waals surface area contributed by atoms with Crippen molar-refractivity contribution in [3.8, 4) is 11.1 Å².